The summed E-state index contributed by atoms with van der Waals surface area (Å²) in [5.41, 5.74) is -1.63. The SMILES string of the molecule is [C-]#[N+]c1ccc(N2C[C@H]3[C@H]([C@H]4C=C[C@@H]3C4)S2(=O)=O)cc1C(F)(F)F. The molecule has 1 aliphatic heterocycles. The first-order chi connectivity index (χ1) is 11.2. The number of hydrogen-bond acceptors (Lipinski definition) is 2. The number of hydrogen-bond donors (Lipinski definition) is 0. The average Bonchev–Trinajstić information content (AvgIpc) is 3.18. The zero-order valence-electron chi connectivity index (χ0n) is 12.4. The van der Waals surface area contributed by atoms with E-state index in [-0.39, 0.29) is 30.0 Å². The largest absolute Gasteiger partial charge is 0.407 e. The van der Waals surface area contributed by atoms with E-state index >= 15 is 0 Å². The third-order valence-corrected chi connectivity index (χ3v) is 7.63. The molecule has 2 bridgehead atoms. The van der Waals surface area contributed by atoms with Gasteiger partial charge in [0, 0.05) is 18.2 Å². The zero-order valence-corrected chi connectivity index (χ0v) is 13.2. The molecule has 4 atom stereocenters. The van der Waals surface area contributed by atoms with Gasteiger partial charge in [-0.15, -0.1) is 0 Å². The summed E-state index contributed by atoms with van der Waals surface area (Å²) in [4.78, 5) is 2.88. The van der Waals surface area contributed by atoms with Gasteiger partial charge < -0.3 is 0 Å². The van der Waals surface area contributed by atoms with Gasteiger partial charge in [0.25, 0.3) is 0 Å². The molecular formula is C16H13F3N2O2S. The molecule has 4 nitrogen and oxygen atoms in total. The van der Waals surface area contributed by atoms with E-state index in [4.69, 9.17) is 6.57 Å². The normalized spacial score (nSPS) is 32.8. The smallest absolute Gasteiger partial charge is 0.270 e. The molecule has 3 aliphatic rings. The highest BCUT2D eigenvalue weighted by molar-refractivity contribution is 7.93. The average molecular weight is 354 g/mol. The second kappa shape index (κ2) is 4.76. The lowest BCUT2D eigenvalue weighted by molar-refractivity contribution is -0.136. The van der Waals surface area contributed by atoms with Crippen LogP contribution in [0.1, 0.15) is 12.0 Å². The Hall–Kier alpha value is -2.01. The van der Waals surface area contributed by atoms with Crippen molar-refractivity contribution in [1.29, 1.82) is 0 Å². The summed E-state index contributed by atoms with van der Waals surface area (Å²) in [7, 11) is -3.69. The summed E-state index contributed by atoms with van der Waals surface area (Å²) in [6.45, 7) is 7.07. The summed E-state index contributed by atoms with van der Waals surface area (Å²) < 4.78 is 66.2. The molecule has 1 aromatic rings. The molecule has 0 radical (unpaired) electrons. The van der Waals surface area contributed by atoms with Crippen LogP contribution >= 0.6 is 0 Å². The van der Waals surface area contributed by atoms with Gasteiger partial charge in [0.15, 0.2) is 5.69 Å². The lowest BCUT2D eigenvalue weighted by atomic mass is 9.93. The summed E-state index contributed by atoms with van der Waals surface area (Å²) >= 11 is 0. The van der Waals surface area contributed by atoms with E-state index in [1.807, 2.05) is 12.2 Å². The molecule has 0 N–H and O–H groups in total. The third-order valence-electron chi connectivity index (χ3n) is 5.27. The van der Waals surface area contributed by atoms with E-state index < -0.39 is 32.7 Å². The van der Waals surface area contributed by atoms with Gasteiger partial charge in [-0.2, -0.15) is 13.2 Å². The van der Waals surface area contributed by atoms with Crippen molar-refractivity contribution >= 4 is 21.4 Å². The third kappa shape index (κ3) is 2.00. The molecule has 1 aromatic carbocycles. The second-order valence-electron chi connectivity index (χ2n) is 6.46. The Morgan fingerprint density at radius 2 is 1.92 bits per heavy atom. The Bertz CT molecular complexity index is 886. The topological polar surface area (TPSA) is 41.7 Å². The molecular weight excluding hydrogens is 341 g/mol. The fourth-order valence-electron chi connectivity index (χ4n) is 4.26. The predicted molar refractivity (Wildman–Crippen MR) is 82.0 cm³/mol. The van der Waals surface area contributed by atoms with Crippen LogP contribution in [-0.4, -0.2) is 20.2 Å². The monoisotopic (exact) mass is 354 g/mol. The molecule has 0 aromatic heterocycles. The van der Waals surface area contributed by atoms with E-state index in [9.17, 15) is 21.6 Å². The van der Waals surface area contributed by atoms with E-state index in [0.717, 1.165) is 22.9 Å². The van der Waals surface area contributed by atoms with Crippen molar-refractivity contribution in [1.82, 2.24) is 0 Å². The van der Waals surface area contributed by atoms with Gasteiger partial charge in [0.2, 0.25) is 10.0 Å². The first kappa shape index (κ1) is 15.5. The first-order valence-corrected chi connectivity index (χ1v) is 9.02. The maximum absolute atomic E-state index is 13.1. The van der Waals surface area contributed by atoms with Crippen molar-refractivity contribution in [3.8, 4) is 0 Å². The number of alkyl halides is 3. The molecule has 1 heterocycles. The molecule has 2 fully saturated rings. The van der Waals surface area contributed by atoms with Crippen molar-refractivity contribution in [3.63, 3.8) is 0 Å². The van der Waals surface area contributed by atoms with Crippen LogP contribution in [0.25, 0.3) is 4.85 Å². The molecule has 2 aliphatic carbocycles. The Kier molecular flexibility index (Phi) is 3.08. The minimum Gasteiger partial charge on any atom is -0.270 e. The van der Waals surface area contributed by atoms with Crippen LogP contribution in [0.3, 0.4) is 0 Å². The van der Waals surface area contributed by atoms with E-state index in [2.05, 4.69) is 4.85 Å². The summed E-state index contributed by atoms with van der Waals surface area (Å²) in [6.07, 6.45) is 0.0485. The number of nitrogens with zero attached hydrogens (tertiary/aromatic N) is 2. The highest BCUT2D eigenvalue weighted by atomic mass is 32.2. The van der Waals surface area contributed by atoms with E-state index in [1.165, 1.54) is 6.07 Å². The molecule has 0 amide bonds. The van der Waals surface area contributed by atoms with Crippen LogP contribution in [0.4, 0.5) is 24.5 Å². The molecule has 0 spiro atoms. The van der Waals surface area contributed by atoms with Gasteiger partial charge in [-0.25, -0.2) is 13.3 Å². The van der Waals surface area contributed by atoms with Crippen LogP contribution in [0.2, 0.25) is 0 Å². The van der Waals surface area contributed by atoms with Crippen LogP contribution in [0.5, 0.6) is 0 Å². The number of rotatable bonds is 1. The fourth-order valence-corrected chi connectivity index (χ4v) is 6.71. The predicted octanol–water partition coefficient (Wildman–Crippen LogP) is 3.60. The number of anilines is 1. The van der Waals surface area contributed by atoms with Gasteiger partial charge in [-0.1, -0.05) is 18.2 Å². The maximum atomic E-state index is 13.1. The lowest BCUT2D eigenvalue weighted by Crippen LogP contribution is -2.32. The standard InChI is InChI=1S/C16H13F3N2O2S/c1-20-14-5-4-11(7-13(14)16(17,18)19)21-8-12-9-2-3-10(6-9)15(12)24(21,22)23/h2-5,7,9-10,12,15H,6,8H2/t9-,10+,12-,15+/m1/s1. The highest BCUT2D eigenvalue weighted by Crippen LogP contribution is 2.53. The van der Waals surface area contributed by atoms with Crippen LogP contribution in [0, 0.1) is 24.3 Å². The summed E-state index contributed by atoms with van der Waals surface area (Å²) in [5.74, 6) is 0.0730. The molecule has 8 heteroatoms. The quantitative estimate of drug-likeness (QED) is 0.571. The Morgan fingerprint density at radius 1 is 1.21 bits per heavy atom. The van der Waals surface area contributed by atoms with E-state index in [0.29, 0.717) is 0 Å². The molecule has 1 saturated carbocycles. The van der Waals surface area contributed by atoms with Crippen molar-refractivity contribution in [2.75, 3.05) is 10.8 Å². The Morgan fingerprint density at radius 3 is 2.54 bits per heavy atom. The first-order valence-electron chi connectivity index (χ1n) is 7.52. The number of sulfonamides is 1. The number of halogens is 3. The van der Waals surface area contributed by atoms with Crippen molar-refractivity contribution in [2.45, 2.75) is 17.8 Å². The molecule has 0 unspecified atom stereocenters. The van der Waals surface area contributed by atoms with Crippen molar-refractivity contribution in [3.05, 3.63) is 47.3 Å². The Balaban J connectivity index is 1.77. The molecule has 1 saturated heterocycles. The molecule has 4 rings (SSSR count). The molecule has 24 heavy (non-hydrogen) atoms. The van der Waals surface area contributed by atoms with Gasteiger partial charge in [-0.05, 0) is 30.4 Å². The van der Waals surface area contributed by atoms with Crippen LogP contribution < -0.4 is 4.31 Å². The number of benzene rings is 1. The summed E-state index contributed by atoms with van der Waals surface area (Å²) in [6, 6.07) is 3.11. The minimum atomic E-state index is -4.70. The fraction of sp³-hybridized carbons (Fsp3) is 0.438. The number of allylic oxidation sites excluding steroid dienone is 2. The van der Waals surface area contributed by atoms with Crippen LogP contribution in [0.15, 0.2) is 30.4 Å². The lowest BCUT2D eigenvalue weighted by Gasteiger charge is -2.22. The maximum Gasteiger partial charge on any atom is 0.407 e. The van der Waals surface area contributed by atoms with Gasteiger partial charge in [0.05, 0.1) is 17.4 Å². The molecule has 126 valence electrons. The van der Waals surface area contributed by atoms with Crippen molar-refractivity contribution in [2.24, 2.45) is 17.8 Å². The van der Waals surface area contributed by atoms with Gasteiger partial charge in [-0.3, -0.25) is 4.31 Å². The summed E-state index contributed by atoms with van der Waals surface area (Å²) in [5, 5.41) is -0.539. The van der Waals surface area contributed by atoms with Crippen molar-refractivity contribution < 1.29 is 21.6 Å². The van der Waals surface area contributed by atoms with Gasteiger partial charge in [0.1, 0.15) is 0 Å². The van der Waals surface area contributed by atoms with Gasteiger partial charge >= 0.3 is 6.18 Å². The second-order valence-corrected chi connectivity index (χ2v) is 8.48. The van der Waals surface area contributed by atoms with Crippen LogP contribution in [-0.2, 0) is 16.2 Å². The van der Waals surface area contributed by atoms with E-state index in [1.54, 1.807) is 0 Å². The number of fused-ring (bicyclic) bond motifs is 5. The Labute approximate surface area is 137 Å². The zero-order chi connectivity index (χ0) is 17.3. The highest BCUT2D eigenvalue weighted by Gasteiger charge is 2.58. The minimum absolute atomic E-state index is 0.0106.